The van der Waals surface area contributed by atoms with E-state index in [-0.39, 0.29) is 23.6 Å². The van der Waals surface area contributed by atoms with Crippen LogP contribution in [0.25, 0.3) is 0 Å². The molecule has 0 spiro atoms. The number of aliphatic hydroxyl groups is 1. The van der Waals surface area contributed by atoms with E-state index in [1.54, 1.807) is 0 Å². The van der Waals surface area contributed by atoms with Crippen LogP contribution < -0.4 is 14.8 Å². The highest BCUT2D eigenvalue weighted by atomic mass is 35.5. The summed E-state index contributed by atoms with van der Waals surface area (Å²) < 4.78 is 10.7. The Morgan fingerprint density at radius 3 is 2.71 bits per heavy atom. The summed E-state index contributed by atoms with van der Waals surface area (Å²) in [5.41, 5.74) is 0.161. The molecular weight excluding hydrogens is 302 g/mol. The van der Waals surface area contributed by atoms with E-state index in [4.69, 9.17) is 31.3 Å². The van der Waals surface area contributed by atoms with E-state index in [9.17, 15) is 9.59 Å². The minimum Gasteiger partial charge on any atom is -0.486 e. The third-order valence-corrected chi connectivity index (χ3v) is 3.16. The molecule has 1 aromatic rings. The van der Waals surface area contributed by atoms with Crippen LogP contribution in [0.2, 0.25) is 5.02 Å². The van der Waals surface area contributed by atoms with Crippen molar-refractivity contribution in [1.82, 2.24) is 5.32 Å². The highest BCUT2D eigenvalue weighted by molar-refractivity contribution is 6.32. The predicted octanol–water partition coefficient (Wildman–Crippen LogP) is 0.677. The summed E-state index contributed by atoms with van der Waals surface area (Å²) in [6.45, 7) is 0.367. The van der Waals surface area contributed by atoms with Crippen LogP contribution in [-0.2, 0) is 4.79 Å². The van der Waals surface area contributed by atoms with Gasteiger partial charge in [-0.15, -0.1) is 0 Å². The first-order chi connectivity index (χ1) is 10.0. The van der Waals surface area contributed by atoms with Gasteiger partial charge in [-0.05, 0) is 12.1 Å². The van der Waals surface area contributed by atoms with Gasteiger partial charge in [-0.3, -0.25) is 4.79 Å². The number of benzene rings is 1. The molecule has 2 rings (SSSR count). The van der Waals surface area contributed by atoms with E-state index in [1.165, 1.54) is 12.1 Å². The average molecular weight is 316 g/mol. The molecule has 1 heterocycles. The molecule has 1 atom stereocenters. The summed E-state index contributed by atoms with van der Waals surface area (Å²) in [6.07, 6.45) is -0.0840. The average Bonchev–Trinajstić information content (AvgIpc) is 2.46. The van der Waals surface area contributed by atoms with Gasteiger partial charge < -0.3 is 25.0 Å². The zero-order chi connectivity index (χ0) is 15.4. The molecule has 0 saturated carbocycles. The molecule has 0 aliphatic carbocycles. The Labute approximate surface area is 125 Å². The van der Waals surface area contributed by atoms with Gasteiger partial charge >= 0.3 is 5.97 Å². The number of amides is 1. The number of carboxylic acids is 1. The van der Waals surface area contributed by atoms with Gasteiger partial charge in [-0.1, -0.05) is 11.6 Å². The number of hydrogen-bond acceptors (Lipinski definition) is 5. The summed E-state index contributed by atoms with van der Waals surface area (Å²) in [6, 6.07) is 1.64. The van der Waals surface area contributed by atoms with E-state index < -0.39 is 17.9 Å². The van der Waals surface area contributed by atoms with Gasteiger partial charge in [0.25, 0.3) is 5.91 Å². The van der Waals surface area contributed by atoms with Crippen molar-refractivity contribution >= 4 is 23.5 Å². The van der Waals surface area contributed by atoms with Gasteiger partial charge in [-0.2, -0.15) is 0 Å². The Bertz CT molecular complexity index is 562. The monoisotopic (exact) mass is 315 g/mol. The fourth-order valence-electron chi connectivity index (χ4n) is 1.87. The third kappa shape index (κ3) is 3.56. The van der Waals surface area contributed by atoms with Crippen molar-refractivity contribution in [3.8, 4) is 11.5 Å². The van der Waals surface area contributed by atoms with Crippen LogP contribution in [-0.4, -0.2) is 48.0 Å². The lowest BCUT2D eigenvalue weighted by molar-refractivity contribution is -0.139. The molecule has 0 bridgehead atoms. The number of halogens is 1. The van der Waals surface area contributed by atoms with Crippen LogP contribution >= 0.6 is 11.6 Å². The number of fused-ring (bicyclic) bond motifs is 1. The standard InChI is InChI=1S/C13H14ClNO6/c14-8-5-7(6-10-11(8)21-4-3-20-10)12(17)15-9(1-2-16)13(18)19/h5-6,9,16H,1-4H2,(H,15,17)(H,18,19)/t9-/m0/s1. The van der Waals surface area contributed by atoms with Crippen molar-refractivity contribution in [3.63, 3.8) is 0 Å². The Balaban J connectivity index is 2.19. The molecule has 114 valence electrons. The maximum Gasteiger partial charge on any atom is 0.326 e. The van der Waals surface area contributed by atoms with Crippen LogP contribution in [0.15, 0.2) is 12.1 Å². The molecule has 21 heavy (non-hydrogen) atoms. The number of ether oxygens (including phenoxy) is 2. The second-order valence-corrected chi connectivity index (χ2v) is 4.77. The van der Waals surface area contributed by atoms with Crippen LogP contribution in [0, 0.1) is 0 Å². The van der Waals surface area contributed by atoms with Crippen LogP contribution in [0.3, 0.4) is 0 Å². The van der Waals surface area contributed by atoms with Crippen LogP contribution in [0.5, 0.6) is 11.5 Å². The summed E-state index contributed by atoms with van der Waals surface area (Å²) in [4.78, 5) is 23.0. The zero-order valence-electron chi connectivity index (χ0n) is 11.0. The number of aliphatic hydroxyl groups excluding tert-OH is 1. The van der Waals surface area contributed by atoms with E-state index in [2.05, 4.69) is 5.32 Å². The third-order valence-electron chi connectivity index (χ3n) is 2.88. The van der Waals surface area contributed by atoms with Gasteiger partial charge in [0.15, 0.2) is 11.5 Å². The second-order valence-electron chi connectivity index (χ2n) is 4.36. The van der Waals surface area contributed by atoms with Crippen LogP contribution in [0.4, 0.5) is 0 Å². The largest absolute Gasteiger partial charge is 0.486 e. The van der Waals surface area contributed by atoms with E-state index in [1.807, 2.05) is 0 Å². The first-order valence-corrected chi connectivity index (χ1v) is 6.64. The fraction of sp³-hybridized carbons (Fsp3) is 0.385. The number of hydrogen-bond donors (Lipinski definition) is 3. The summed E-state index contributed by atoms with van der Waals surface area (Å²) >= 11 is 6.01. The normalized spacial score (nSPS) is 14.4. The van der Waals surface area contributed by atoms with E-state index in [0.29, 0.717) is 24.7 Å². The van der Waals surface area contributed by atoms with Crippen molar-refractivity contribution in [2.75, 3.05) is 19.8 Å². The minimum absolute atomic E-state index is 0.0840. The lowest BCUT2D eigenvalue weighted by Crippen LogP contribution is -2.41. The molecule has 1 amide bonds. The number of carboxylic acid groups (broad SMARTS) is 1. The van der Waals surface area contributed by atoms with Gasteiger partial charge in [0.2, 0.25) is 0 Å². The highest BCUT2D eigenvalue weighted by Gasteiger charge is 2.23. The Morgan fingerprint density at radius 1 is 1.33 bits per heavy atom. The molecule has 1 aromatic carbocycles. The molecular formula is C13H14ClNO6. The van der Waals surface area contributed by atoms with E-state index in [0.717, 1.165) is 0 Å². The first-order valence-electron chi connectivity index (χ1n) is 6.26. The minimum atomic E-state index is -1.22. The Morgan fingerprint density at radius 2 is 2.05 bits per heavy atom. The molecule has 0 saturated heterocycles. The van der Waals surface area contributed by atoms with Gasteiger partial charge in [0, 0.05) is 18.6 Å². The maximum atomic E-state index is 12.1. The molecule has 1 aliphatic heterocycles. The van der Waals surface area contributed by atoms with Crippen molar-refractivity contribution in [2.45, 2.75) is 12.5 Å². The second kappa shape index (κ2) is 6.64. The molecule has 0 radical (unpaired) electrons. The quantitative estimate of drug-likeness (QED) is 0.738. The predicted molar refractivity (Wildman–Crippen MR) is 73.0 cm³/mol. The van der Waals surface area contributed by atoms with Gasteiger partial charge in [0.1, 0.15) is 19.3 Å². The molecule has 0 aromatic heterocycles. The lowest BCUT2D eigenvalue weighted by atomic mass is 10.1. The first kappa shape index (κ1) is 15.4. The van der Waals surface area contributed by atoms with Crippen molar-refractivity contribution in [2.24, 2.45) is 0 Å². The molecule has 0 unspecified atom stereocenters. The topological polar surface area (TPSA) is 105 Å². The molecule has 7 nitrogen and oxygen atoms in total. The summed E-state index contributed by atoms with van der Waals surface area (Å²) in [5.74, 6) is -1.13. The Hall–Kier alpha value is -1.99. The molecule has 0 fully saturated rings. The Kier molecular flexibility index (Phi) is 4.87. The molecule has 1 aliphatic rings. The van der Waals surface area contributed by atoms with Crippen molar-refractivity contribution in [3.05, 3.63) is 22.7 Å². The van der Waals surface area contributed by atoms with Crippen molar-refractivity contribution < 1.29 is 29.3 Å². The number of nitrogens with one attached hydrogen (secondary N) is 1. The van der Waals surface area contributed by atoms with Gasteiger partial charge in [-0.25, -0.2) is 4.79 Å². The van der Waals surface area contributed by atoms with Crippen LogP contribution in [0.1, 0.15) is 16.8 Å². The SMILES string of the molecule is O=C(N[C@@H](CCO)C(=O)O)c1cc(Cl)c2c(c1)OCCO2. The van der Waals surface area contributed by atoms with Gasteiger partial charge in [0.05, 0.1) is 5.02 Å². The lowest BCUT2D eigenvalue weighted by Gasteiger charge is -2.20. The summed E-state index contributed by atoms with van der Waals surface area (Å²) in [5, 5.41) is 20.3. The maximum absolute atomic E-state index is 12.1. The highest BCUT2D eigenvalue weighted by Crippen LogP contribution is 2.38. The molecule has 8 heteroatoms. The number of rotatable bonds is 5. The number of aliphatic carboxylic acids is 1. The van der Waals surface area contributed by atoms with Crippen molar-refractivity contribution in [1.29, 1.82) is 0 Å². The molecule has 3 N–H and O–H groups in total. The number of carbonyl (C=O) groups excluding carboxylic acids is 1. The fourth-order valence-corrected chi connectivity index (χ4v) is 2.14. The smallest absolute Gasteiger partial charge is 0.326 e. The number of carbonyl (C=O) groups is 2. The zero-order valence-corrected chi connectivity index (χ0v) is 11.7. The summed E-state index contributed by atoms with van der Waals surface area (Å²) in [7, 11) is 0. The van der Waals surface area contributed by atoms with E-state index >= 15 is 0 Å².